The van der Waals surface area contributed by atoms with Crippen LogP contribution in [0.5, 0.6) is 0 Å². The summed E-state index contributed by atoms with van der Waals surface area (Å²) in [5, 5.41) is 0. The lowest BCUT2D eigenvalue weighted by Crippen LogP contribution is -2.28. The van der Waals surface area contributed by atoms with Gasteiger partial charge >= 0.3 is 0 Å². The van der Waals surface area contributed by atoms with Crippen LogP contribution in [-0.2, 0) is 10.0 Å². The smallest absolute Gasteiger partial charge is 0.207 e. The van der Waals surface area contributed by atoms with Gasteiger partial charge in [-0.2, -0.15) is 4.31 Å². The van der Waals surface area contributed by atoms with Gasteiger partial charge in [0.15, 0.2) is 0 Å². The molecule has 82 valence electrons. The molecule has 15 heavy (non-hydrogen) atoms. The highest BCUT2D eigenvalue weighted by molar-refractivity contribution is 7.89. The van der Waals surface area contributed by atoms with Crippen LogP contribution >= 0.6 is 0 Å². The Kier molecular flexibility index (Phi) is 2.52. The zero-order valence-corrected chi connectivity index (χ0v) is 9.17. The minimum Gasteiger partial charge on any atom is -0.207 e. The molecule has 0 unspecified atom stereocenters. The van der Waals surface area contributed by atoms with Crippen molar-refractivity contribution >= 4 is 10.0 Å². The standard InChI is InChI=1S/C10H12FNO2S/c1-12(9-4-5-9)15(13,14)10-6-2-8(11)3-7-10/h2-3,6-7,9H,4-5H2,1H3. The second-order valence-corrected chi connectivity index (χ2v) is 5.70. The Morgan fingerprint density at radius 2 is 1.80 bits per heavy atom. The first-order valence-electron chi connectivity index (χ1n) is 4.75. The van der Waals surface area contributed by atoms with E-state index in [-0.39, 0.29) is 10.9 Å². The Balaban J connectivity index is 2.32. The first kappa shape index (κ1) is 10.6. The summed E-state index contributed by atoms with van der Waals surface area (Å²) in [6.45, 7) is 0. The van der Waals surface area contributed by atoms with E-state index in [1.54, 1.807) is 7.05 Å². The molecule has 0 heterocycles. The van der Waals surface area contributed by atoms with Crippen molar-refractivity contribution in [2.45, 2.75) is 23.8 Å². The first-order chi connectivity index (χ1) is 7.01. The van der Waals surface area contributed by atoms with Crippen molar-refractivity contribution in [3.63, 3.8) is 0 Å². The number of rotatable bonds is 3. The average Bonchev–Trinajstić information content (AvgIpc) is 3.00. The van der Waals surface area contributed by atoms with Crippen LogP contribution in [0.25, 0.3) is 0 Å². The molecule has 0 saturated heterocycles. The summed E-state index contributed by atoms with van der Waals surface area (Å²) >= 11 is 0. The molecule has 0 aliphatic heterocycles. The maximum absolute atomic E-state index is 12.6. The van der Waals surface area contributed by atoms with Crippen LogP contribution in [0.3, 0.4) is 0 Å². The largest absolute Gasteiger partial charge is 0.243 e. The molecule has 1 aromatic carbocycles. The Labute approximate surface area is 88.6 Å². The summed E-state index contributed by atoms with van der Waals surface area (Å²) in [6.07, 6.45) is 1.83. The molecule has 5 heteroatoms. The third kappa shape index (κ3) is 2.03. The normalized spacial score (nSPS) is 17.0. The van der Waals surface area contributed by atoms with E-state index >= 15 is 0 Å². The second kappa shape index (κ2) is 3.57. The van der Waals surface area contributed by atoms with E-state index in [2.05, 4.69) is 0 Å². The zero-order chi connectivity index (χ0) is 11.1. The number of sulfonamides is 1. The third-order valence-corrected chi connectivity index (χ3v) is 4.48. The Hall–Kier alpha value is -0.940. The van der Waals surface area contributed by atoms with Gasteiger partial charge in [-0.3, -0.25) is 0 Å². The molecule has 3 nitrogen and oxygen atoms in total. The van der Waals surface area contributed by atoms with Gasteiger partial charge in [0.05, 0.1) is 4.90 Å². The van der Waals surface area contributed by atoms with Gasteiger partial charge < -0.3 is 0 Å². The molecule has 0 N–H and O–H groups in total. The Morgan fingerprint density at radius 1 is 1.27 bits per heavy atom. The molecule has 1 aliphatic carbocycles. The van der Waals surface area contributed by atoms with Crippen LogP contribution in [0.4, 0.5) is 4.39 Å². The summed E-state index contributed by atoms with van der Waals surface area (Å²) in [7, 11) is -1.86. The fourth-order valence-corrected chi connectivity index (χ4v) is 2.82. The predicted molar refractivity (Wildman–Crippen MR) is 54.4 cm³/mol. The minimum atomic E-state index is -3.43. The topological polar surface area (TPSA) is 37.4 Å². The van der Waals surface area contributed by atoms with Gasteiger partial charge in [0, 0.05) is 13.1 Å². The van der Waals surface area contributed by atoms with Crippen molar-refractivity contribution in [1.29, 1.82) is 0 Å². The van der Waals surface area contributed by atoms with Gasteiger partial charge in [0.25, 0.3) is 0 Å². The summed E-state index contributed by atoms with van der Waals surface area (Å²) in [5.74, 6) is -0.428. The van der Waals surface area contributed by atoms with Gasteiger partial charge in [-0.1, -0.05) is 0 Å². The molecule has 0 atom stereocenters. The molecular formula is C10H12FNO2S. The van der Waals surface area contributed by atoms with Crippen molar-refractivity contribution in [3.8, 4) is 0 Å². The molecule has 0 aromatic heterocycles. The van der Waals surface area contributed by atoms with Crippen molar-refractivity contribution in [3.05, 3.63) is 30.1 Å². The van der Waals surface area contributed by atoms with E-state index in [9.17, 15) is 12.8 Å². The van der Waals surface area contributed by atoms with E-state index in [1.165, 1.54) is 16.4 Å². The lowest BCUT2D eigenvalue weighted by Gasteiger charge is -2.15. The van der Waals surface area contributed by atoms with Crippen molar-refractivity contribution in [1.82, 2.24) is 4.31 Å². The van der Waals surface area contributed by atoms with Crippen LogP contribution in [0.1, 0.15) is 12.8 Å². The maximum Gasteiger partial charge on any atom is 0.243 e. The van der Waals surface area contributed by atoms with Crippen LogP contribution in [0.15, 0.2) is 29.2 Å². The molecule has 1 saturated carbocycles. The van der Waals surface area contributed by atoms with E-state index in [1.807, 2.05) is 0 Å². The third-order valence-electron chi connectivity index (χ3n) is 2.55. The monoisotopic (exact) mass is 229 g/mol. The fourth-order valence-electron chi connectivity index (χ4n) is 1.41. The molecule has 1 aliphatic rings. The highest BCUT2D eigenvalue weighted by Gasteiger charge is 2.34. The quantitative estimate of drug-likeness (QED) is 0.789. The molecule has 0 amide bonds. The summed E-state index contributed by atoms with van der Waals surface area (Å²) < 4.78 is 37.9. The number of nitrogens with zero attached hydrogens (tertiary/aromatic N) is 1. The van der Waals surface area contributed by atoms with Crippen molar-refractivity contribution in [2.75, 3.05) is 7.05 Å². The molecule has 2 rings (SSSR count). The first-order valence-corrected chi connectivity index (χ1v) is 6.19. The highest BCUT2D eigenvalue weighted by Crippen LogP contribution is 2.30. The summed E-state index contributed by atoms with van der Waals surface area (Å²) in [4.78, 5) is 0.151. The molecular weight excluding hydrogens is 217 g/mol. The predicted octanol–water partition coefficient (Wildman–Crippen LogP) is 1.61. The maximum atomic E-state index is 12.6. The number of halogens is 1. The van der Waals surface area contributed by atoms with E-state index in [4.69, 9.17) is 0 Å². The van der Waals surface area contributed by atoms with Crippen molar-refractivity contribution in [2.24, 2.45) is 0 Å². The number of hydrogen-bond acceptors (Lipinski definition) is 2. The number of benzene rings is 1. The summed E-state index contributed by atoms with van der Waals surface area (Å²) in [6, 6.07) is 5.04. The molecule has 1 aromatic rings. The Morgan fingerprint density at radius 3 is 2.27 bits per heavy atom. The van der Waals surface area contributed by atoms with Gasteiger partial charge in [-0.05, 0) is 37.1 Å². The van der Waals surface area contributed by atoms with Crippen LogP contribution in [0, 0.1) is 5.82 Å². The zero-order valence-electron chi connectivity index (χ0n) is 8.35. The molecule has 0 spiro atoms. The second-order valence-electron chi connectivity index (χ2n) is 3.71. The highest BCUT2D eigenvalue weighted by atomic mass is 32.2. The van der Waals surface area contributed by atoms with Crippen LogP contribution < -0.4 is 0 Å². The SMILES string of the molecule is CN(C1CC1)S(=O)(=O)c1ccc(F)cc1. The molecule has 1 fully saturated rings. The van der Waals surface area contributed by atoms with Gasteiger partial charge in [-0.25, -0.2) is 12.8 Å². The lowest BCUT2D eigenvalue weighted by molar-refractivity contribution is 0.464. The van der Waals surface area contributed by atoms with E-state index in [0.717, 1.165) is 25.0 Å². The van der Waals surface area contributed by atoms with E-state index < -0.39 is 15.8 Å². The van der Waals surface area contributed by atoms with Crippen LogP contribution in [0.2, 0.25) is 0 Å². The number of hydrogen-bond donors (Lipinski definition) is 0. The van der Waals surface area contributed by atoms with Gasteiger partial charge in [0.2, 0.25) is 10.0 Å². The average molecular weight is 229 g/mol. The minimum absolute atomic E-state index is 0.125. The van der Waals surface area contributed by atoms with Gasteiger partial charge in [0.1, 0.15) is 5.82 Å². The fraction of sp³-hybridized carbons (Fsp3) is 0.400. The van der Waals surface area contributed by atoms with Crippen molar-refractivity contribution < 1.29 is 12.8 Å². The Bertz CT molecular complexity index is 451. The van der Waals surface area contributed by atoms with Crippen LogP contribution in [-0.4, -0.2) is 25.8 Å². The van der Waals surface area contributed by atoms with E-state index in [0.29, 0.717) is 0 Å². The molecule has 0 bridgehead atoms. The van der Waals surface area contributed by atoms with Gasteiger partial charge in [-0.15, -0.1) is 0 Å². The molecule has 0 radical (unpaired) electrons. The summed E-state index contributed by atoms with van der Waals surface area (Å²) in [5.41, 5.74) is 0. The lowest BCUT2D eigenvalue weighted by atomic mass is 10.4.